The molecule has 9 nitrogen and oxygen atoms in total. The number of hydrogen-bond donors (Lipinski definition) is 0. The smallest absolute Gasteiger partial charge is 0.329 e. The number of imide groups is 1. The number of nitrogens with zero attached hydrogens (tertiary/aromatic N) is 2. The third-order valence-corrected chi connectivity index (χ3v) is 7.15. The fourth-order valence-electron chi connectivity index (χ4n) is 5.60. The van der Waals surface area contributed by atoms with Crippen LogP contribution in [0.15, 0.2) is 36.4 Å². The highest BCUT2D eigenvalue weighted by Crippen LogP contribution is 2.65. The number of non-ortho nitro benzene ring substituents is 1. The maximum absolute atomic E-state index is 13.0. The van der Waals surface area contributed by atoms with Gasteiger partial charge in [0.25, 0.3) is 5.69 Å². The van der Waals surface area contributed by atoms with Crippen LogP contribution >= 0.6 is 0 Å². The summed E-state index contributed by atoms with van der Waals surface area (Å²) in [6.45, 7) is 0.785. The van der Waals surface area contributed by atoms with Gasteiger partial charge in [0.15, 0.2) is 6.61 Å². The van der Waals surface area contributed by atoms with Gasteiger partial charge in [0.1, 0.15) is 6.04 Å². The van der Waals surface area contributed by atoms with Crippen LogP contribution < -0.4 is 0 Å². The zero-order valence-corrected chi connectivity index (χ0v) is 16.7. The second kappa shape index (κ2) is 6.83. The Morgan fingerprint density at radius 3 is 2.35 bits per heavy atom. The summed E-state index contributed by atoms with van der Waals surface area (Å²) in [4.78, 5) is 62.2. The highest BCUT2D eigenvalue weighted by atomic mass is 16.6. The Balaban J connectivity index is 1.25. The lowest BCUT2D eigenvalue weighted by Crippen LogP contribution is -2.45. The standard InChI is InChI=1S/C22H20N2O7/c1-10(22(28)31-9-17(25)11-3-2-4-12(7-11)24(29)30)23-20(26)18-13-5-6-14(16-8-15(13)16)19(18)21(23)27/h2-7,10,13-16,18-19H,8-9H2,1H3/t10-,13+,14+,15-,16+,18-,19-/m1/s1. The summed E-state index contributed by atoms with van der Waals surface area (Å²) in [6, 6.07) is 3.97. The molecule has 0 radical (unpaired) electrons. The van der Waals surface area contributed by atoms with E-state index < -0.39 is 41.2 Å². The van der Waals surface area contributed by atoms with Crippen LogP contribution in [-0.4, -0.2) is 46.0 Å². The molecule has 1 heterocycles. The normalized spacial score (nSPS) is 33.0. The Morgan fingerprint density at radius 2 is 1.77 bits per heavy atom. The number of nitro groups is 1. The van der Waals surface area contributed by atoms with Crippen LogP contribution in [0.4, 0.5) is 5.69 Å². The summed E-state index contributed by atoms with van der Waals surface area (Å²) in [7, 11) is 0. The Bertz CT molecular complexity index is 1030. The molecule has 31 heavy (non-hydrogen) atoms. The van der Waals surface area contributed by atoms with E-state index in [1.807, 2.05) is 0 Å². The lowest BCUT2D eigenvalue weighted by atomic mass is 9.63. The molecular formula is C22H20N2O7. The number of hydrogen-bond acceptors (Lipinski definition) is 7. The lowest BCUT2D eigenvalue weighted by molar-refractivity contribution is -0.384. The number of carbonyl (C=O) groups is 4. The van der Waals surface area contributed by atoms with Crippen LogP contribution in [0.5, 0.6) is 0 Å². The monoisotopic (exact) mass is 424 g/mol. The molecule has 9 heteroatoms. The first-order chi connectivity index (χ1) is 14.8. The van der Waals surface area contributed by atoms with Crippen molar-refractivity contribution < 1.29 is 28.8 Å². The van der Waals surface area contributed by atoms with Gasteiger partial charge < -0.3 is 4.74 Å². The highest BCUT2D eigenvalue weighted by Gasteiger charge is 2.67. The van der Waals surface area contributed by atoms with Crippen LogP contribution in [0.2, 0.25) is 0 Å². The van der Waals surface area contributed by atoms with Crippen molar-refractivity contribution in [1.82, 2.24) is 4.90 Å². The summed E-state index contributed by atoms with van der Waals surface area (Å²) < 4.78 is 5.06. The van der Waals surface area contributed by atoms with Gasteiger partial charge in [-0.25, -0.2) is 4.79 Å². The topological polar surface area (TPSA) is 124 Å². The number of amides is 2. The van der Waals surface area contributed by atoms with Gasteiger partial charge in [-0.15, -0.1) is 0 Å². The number of ether oxygens (including phenoxy) is 1. The first kappa shape index (κ1) is 19.6. The average Bonchev–Trinajstić information content (AvgIpc) is 3.55. The maximum Gasteiger partial charge on any atom is 0.329 e. The molecular weight excluding hydrogens is 404 g/mol. The largest absolute Gasteiger partial charge is 0.456 e. The fraction of sp³-hybridized carbons (Fsp3) is 0.455. The molecule has 4 aliphatic carbocycles. The minimum Gasteiger partial charge on any atom is -0.456 e. The zero-order chi connectivity index (χ0) is 22.0. The summed E-state index contributed by atoms with van der Waals surface area (Å²) in [6.07, 6.45) is 5.15. The molecule has 0 spiro atoms. The molecule has 160 valence electrons. The van der Waals surface area contributed by atoms with Crippen LogP contribution in [-0.2, 0) is 19.1 Å². The molecule has 0 aromatic heterocycles. The van der Waals surface area contributed by atoms with Gasteiger partial charge in [-0.2, -0.15) is 0 Å². The number of Topliss-reactive ketones (excluding diaryl/α,β-unsaturated/α-hetero) is 1. The molecule has 7 atom stereocenters. The Morgan fingerprint density at radius 1 is 1.16 bits per heavy atom. The van der Waals surface area contributed by atoms with Gasteiger partial charge >= 0.3 is 5.97 Å². The number of nitro benzene ring substituents is 1. The quantitative estimate of drug-likeness (QED) is 0.170. The molecule has 1 saturated heterocycles. The van der Waals surface area contributed by atoms with E-state index in [2.05, 4.69) is 12.2 Å². The first-order valence-electron chi connectivity index (χ1n) is 10.3. The third-order valence-electron chi connectivity index (χ3n) is 7.15. The van der Waals surface area contributed by atoms with E-state index in [9.17, 15) is 29.3 Å². The molecule has 6 rings (SSSR count). The summed E-state index contributed by atoms with van der Waals surface area (Å²) in [5, 5.41) is 10.9. The van der Waals surface area contributed by atoms with Gasteiger partial charge in [-0.05, 0) is 37.0 Å². The zero-order valence-electron chi connectivity index (χ0n) is 16.7. The SMILES string of the molecule is C[C@H](C(=O)OCC(=O)c1cccc([N+](=O)[O-])c1)N1C(=O)[C@@H]2[C@H]3C=C[C@@H]([C@@H]4C[C@H]34)[C@H]2C1=O. The molecule has 0 unspecified atom stereocenters. The van der Waals surface area contributed by atoms with Crippen molar-refractivity contribution in [3.8, 4) is 0 Å². The van der Waals surface area contributed by atoms with E-state index in [0.29, 0.717) is 11.8 Å². The van der Waals surface area contributed by atoms with Gasteiger partial charge in [0.2, 0.25) is 17.6 Å². The minimum absolute atomic E-state index is 0.0378. The van der Waals surface area contributed by atoms with E-state index in [1.165, 1.54) is 25.1 Å². The van der Waals surface area contributed by atoms with E-state index in [0.717, 1.165) is 17.4 Å². The number of benzene rings is 1. The van der Waals surface area contributed by atoms with Gasteiger partial charge in [0, 0.05) is 17.7 Å². The van der Waals surface area contributed by atoms with E-state index in [1.54, 1.807) is 0 Å². The minimum atomic E-state index is -1.14. The van der Waals surface area contributed by atoms with Crippen molar-refractivity contribution in [2.75, 3.05) is 6.61 Å². The second-order valence-corrected chi connectivity index (χ2v) is 8.72. The maximum atomic E-state index is 13.0. The van der Waals surface area contributed by atoms with Crippen molar-refractivity contribution in [2.24, 2.45) is 35.5 Å². The number of esters is 1. The summed E-state index contributed by atoms with van der Waals surface area (Å²) in [5.41, 5.74) is -0.210. The molecule has 3 fully saturated rings. The van der Waals surface area contributed by atoms with Crippen LogP contribution in [0.1, 0.15) is 23.7 Å². The summed E-state index contributed by atoms with van der Waals surface area (Å²) in [5.74, 6) is -1.93. The predicted molar refractivity (Wildman–Crippen MR) is 104 cm³/mol. The summed E-state index contributed by atoms with van der Waals surface area (Å²) >= 11 is 0. The number of likely N-dealkylation sites (tertiary alicyclic amines) is 1. The van der Waals surface area contributed by atoms with Crippen molar-refractivity contribution in [3.05, 3.63) is 52.1 Å². The Kier molecular flexibility index (Phi) is 4.32. The molecule has 0 N–H and O–H groups in total. The van der Waals surface area contributed by atoms with Gasteiger partial charge in [-0.3, -0.25) is 29.4 Å². The van der Waals surface area contributed by atoms with Crippen LogP contribution in [0, 0.1) is 45.6 Å². The van der Waals surface area contributed by atoms with E-state index >= 15 is 0 Å². The van der Waals surface area contributed by atoms with Gasteiger partial charge in [-0.1, -0.05) is 24.3 Å². The van der Waals surface area contributed by atoms with Crippen LogP contribution in [0.3, 0.4) is 0 Å². The molecule has 2 bridgehead atoms. The molecule has 5 aliphatic rings. The molecule has 1 aliphatic heterocycles. The van der Waals surface area contributed by atoms with Crippen molar-refractivity contribution in [3.63, 3.8) is 0 Å². The first-order valence-corrected chi connectivity index (χ1v) is 10.3. The Labute approximate surface area is 177 Å². The number of allylic oxidation sites excluding steroid dienone is 2. The highest BCUT2D eigenvalue weighted by molar-refractivity contribution is 6.09. The molecule has 2 saturated carbocycles. The molecule has 1 aromatic rings. The van der Waals surface area contributed by atoms with Crippen molar-refractivity contribution >= 4 is 29.3 Å². The number of carbonyl (C=O) groups excluding carboxylic acids is 4. The van der Waals surface area contributed by atoms with E-state index in [4.69, 9.17) is 4.74 Å². The molecule has 2 amide bonds. The average molecular weight is 424 g/mol. The van der Waals surface area contributed by atoms with Crippen molar-refractivity contribution in [1.29, 1.82) is 0 Å². The fourth-order valence-corrected chi connectivity index (χ4v) is 5.60. The van der Waals surface area contributed by atoms with Crippen molar-refractivity contribution in [2.45, 2.75) is 19.4 Å². The van der Waals surface area contributed by atoms with Gasteiger partial charge in [0.05, 0.1) is 16.8 Å². The second-order valence-electron chi connectivity index (χ2n) is 8.72. The van der Waals surface area contributed by atoms with Crippen LogP contribution in [0.25, 0.3) is 0 Å². The molecule has 1 aromatic carbocycles. The predicted octanol–water partition coefficient (Wildman–Crippen LogP) is 1.76. The van der Waals surface area contributed by atoms with E-state index in [-0.39, 0.29) is 34.9 Å². The Hall–Kier alpha value is -3.36. The third kappa shape index (κ3) is 2.90. The number of ketones is 1. The number of rotatable bonds is 6. The lowest BCUT2D eigenvalue weighted by Gasteiger charge is -2.37.